The summed E-state index contributed by atoms with van der Waals surface area (Å²) in [7, 11) is 1.61. The highest BCUT2D eigenvalue weighted by Gasteiger charge is 2.12. The number of nitrogens with zero attached hydrogens (tertiary/aromatic N) is 1. The number of rotatable bonds is 6. The first kappa shape index (κ1) is 13.2. The van der Waals surface area contributed by atoms with Gasteiger partial charge in [0, 0.05) is 7.11 Å². The van der Waals surface area contributed by atoms with Gasteiger partial charge < -0.3 is 20.9 Å². The van der Waals surface area contributed by atoms with Gasteiger partial charge in [-0.3, -0.25) is 0 Å². The van der Waals surface area contributed by atoms with Gasteiger partial charge in [0.05, 0.1) is 30.1 Å². The molecule has 1 aromatic heterocycles. The van der Waals surface area contributed by atoms with Crippen molar-refractivity contribution < 1.29 is 14.6 Å². The second-order valence-corrected chi connectivity index (χ2v) is 3.67. The smallest absolute Gasteiger partial charge is 0.337 e. The number of aromatic nitrogens is 1. The lowest BCUT2D eigenvalue weighted by atomic mass is 10.2. The predicted molar refractivity (Wildman–Crippen MR) is 65.2 cm³/mol. The van der Waals surface area contributed by atoms with E-state index in [1.54, 1.807) is 7.11 Å². The third-order valence-electron chi connectivity index (χ3n) is 2.38. The van der Waals surface area contributed by atoms with Crippen LogP contribution < -0.4 is 11.1 Å². The third-order valence-corrected chi connectivity index (χ3v) is 2.38. The largest absolute Gasteiger partial charge is 0.478 e. The fraction of sp³-hybridized carbons (Fsp3) is 0.455. The zero-order chi connectivity index (χ0) is 12.8. The second-order valence-electron chi connectivity index (χ2n) is 3.67. The summed E-state index contributed by atoms with van der Waals surface area (Å²) < 4.78 is 5.04. The van der Waals surface area contributed by atoms with E-state index in [2.05, 4.69) is 10.3 Å². The molecule has 6 heteroatoms. The summed E-state index contributed by atoms with van der Waals surface area (Å²) in [5.41, 5.74) is 5.72. The van der Waals surface area contributed by atoms with E-state index in [0.717, 1.165) is 6.42 Å². The lowest BCUT2D eigenvalue weighted by molar-refractivity contribution is 0.0698. The van der Waals surface area contributed by atoms with Crippen LogP contribution in [0, 0.1) is 0 Å². The molecule has 94 valence electrons. The molecule has 6 nitrogen and oxygen atoms in total. The molecule has 4 N–H and O–H groups in total. The average Bonchev–Trinajstić information content (AvgIpc) is 2.30. The fourth-order valence-corrected chi connectivity index (χ4v) is 1.40. The van der Waals surface area contributed by atoms with Crippen molar-refractivity contribution in [1.29, 1.82) is 0 Å². The number of aromatic carboxylic acids is 1. The van der Waals surface area contributed by atoms with Gasteiger partial charge in [0.2, 0.25) is 0 Å². The van der Waals surface area contributed by atoms with Crippen LogP contribution in [0.1, 0.15) is 23.7 Å². The predicted octanol–water partition coefficient (Wildman–Crippen LogP) is 1.20. The van der Waals surface area contributed by atoms with Gasteiger partial charge in [-0.15, -0.1) is 0 Å². The van der Waals surface area contributed by atoms with E-state index >= 15 is 0 Å². The van der Waals surface area contributed by atoms with Crippen LogP contribution in [0.15, 0.2) is 12.3 Å². The third kappa shape index (κ3) is 3.60. The van der Waals surface area contributed by atoms with Crippen molar-refractivity contribution in [2.75, 3.05) is 24.8 Å². The molecule has 17 heavy (non-hydrogen) atoms. The Bertz CT molecular complexity index is 396. The van der Waals surface area contributed by atoms with E-state index in [9.17, 15) is 4.79 Å². The zero-order valence-corrected chi connectivity index (χ0v) is 9.93. The van der Waals surface area contributed by atoms with Crippen LogP contribution in [-0.2, 0) is 4.74 Å². The van der Waals surface area contributed by atoms with Crippen molar-refractivity contribution in [2.45, 2.75) is 19.4 Å². The number of carbonyl (C=O) groups is 1. The first-order valence-electron chi connectivity index (χ1n) is 5.32. The van der Waals surface area contributed by atoms with Gasteiger partial charge in [-0.05, 0) is 12.5 Å². The molecule has 1 heterocycles. The normalized spacial score (nSPS) is 12.1. The van der Waals surface area contributed by atoms with E-state index in [4.69, 9.17) is 15.6 Å². The van der Waals surface area contributed by atoms with E-state index in [-0.39, 0.29) is 17.3 Å². The van der Waals surface area contributed by atoms with Gasteiger partial charge in [-0.1, -0.05) is 6.92 Å². The maximum Gasteiger partial charge on any atom is 0.337 e. The Morgan fingerprint density at radius 2 is 2.41 bits per heavy atom. The van der Waals surface area contributed by atoms with Gasteiger partial charge in [-0.2, -0.15) is 0 Å². The van der Waals surface area contributed by atoms with Gasteiger partial charge >= 0.3 is 5.97 Å². The van der Waals surface area contributed by atoms with Crippen molar-refractivity contribution in [3.8, 4) is 0 Å². The Kier molecular flexibility index (Phi) is 4.71. The Hall–Kier alpha value is -1.82. The molecule has 0 spiro atoms. The summed E-state index contributed by atoms with van der Waals surface area (Å²) in [6.07, 6.45) is 2.19. The van der Waals surface area contributed by atoms with Crippen molar-refractivity contribution in [2.24, 2.45) is 0 Å². The number of hydrogen-bond acceptors (Lipinski definition) is 5. The summed E-state index contributed by atoms with van der Waals surface area (Å²) in [6.45, 7) is 2.54. The molecule has 0 bridgehead atoms. The van der Waals surface area contributed by atoms with Gasteiger partial charge in [0.25, 0.3) is 0 Å². The molecule has 0 amide bonds. The molecule has 0 saturated carbocycles. The van der Waals surface area contributed by atoms with Crippen molar-refractivity contribution in [1.82, 2.24) is 4.98 Å². The standard InChI is InChI=1S/C11H17N3O3/c1-3-7(6-17-2)14-10-4-8(11(15)16)9(12)5-13-10/h4-5,7H,3,6,12H2,1-2H3,(H,13,14)(H,15,16). The van der Waals surface area contributed by atoms with Gasteiger partial charge in [0.1, 0.15) is 5.82 Å². The molecule has 1 unspecified atom stereocenters. The first-order chi connectivity index (χ1) is 8.08. The molecular weight excluding hydrogens is 222 g/mol. The van der Waals surface area contributed by atoms with Crippen LogP contribution in [0.25, 0.3) is 0 Å². The van der Waals surface area contributed by atoms with E-state index in [1.165, 1.54) is 12.3 Å². The number of carboxylic acids is 1. The quantitative estimate of drug-likeness (QED) is 0.690. The Morgan fingerprint density at radius 1 is 1.71 bits per heavy atom. The Labute approximate surface area is 99.8 Å². The number of ether oxygens (including phenoxy) is 1. The highest BCUT2D eigenvalue weighted by Crippen LogP contribution is 2.15. The lowest BCUT2D eigenvalue weighted by Crippen LogP contribution is -2.24. The van der Waals surface area contributed by atoms with Crippen LogP contribution in [-0.4, -0.2) is 35.8 Å². The average molecular weight is 239 g/mol. The maximum atomic E-state index is 10.9. The minimum absolute atomic E-state index is 0.0507. The molecule has 1 rings (SSSR count). The highest BCUT2D eigenvalue weighted by atomic mass is 16.5. The molecule has 0 saturated heterocycles. The summed E-state index contributed by atoms with van der Waals surface area (Å²) in [4.78, 5) is 14.9. The number of nitrogens with two attached hydrogens (primary N) is 1. The van der Waals surface area contributed by atoms with E-state index < -0.39 is 5.97 Å². The number of anilines is 2. The number of pyridine rings is 1. The molecule has 0 aromatic carbocycles. The summed E-state index contributed by atoms with van der Waals surface area (Å²) in [5, 5.41) is 12.0. The Balaban J connectivity index is 2.84. The molecule has 0 fully saturated rings. The molecule has 1 atom stereocenters. The van der Waals surface area contributed by atoms with Crippen LogP contribution in [0.3, 0.4) is 0 Å². The minimum atomic E-state index is -1.06. The lowest BCUT2D eigenvalue weighted by Gasteiger charge is -2.16. The highest BCUT2D eigenvalue weighted by molar-refractivity contribution is 5.94. The van der Waals surface area contributed by atoms with Crippen molar-refractivity contribution in [3.05, 3.63) is 17.8 Å². The topological polar surface area (TPSA) is 97.5 Å². The fourth-order valence-electron chi connectivity index (χ4n) is 1.40. The van der Waals surface area contributed by atoms with E-state index in [0.29, 0.717) is 12.4 Å². The van der Waals surface area contributed by atoms with Crippen LogP contribution in [0.2, 0.25) is 0 Å². The van der Waals surface area contributed by atoms with E-state index in [1.807, 2.05) is 6.92 Å². The van der Waals surface area contributed by atoms with Gasteiger partial charge in [0.15, 0.2) is 0 Å². The van der Waals surface area contributed by atoms with Crippen molar-refractivity contribution >= 4 is 17.5 Å². The molecule has 0 aliphatic heterocycles. The van der Waals surface area contributed by atoms with Crippen LogP contribution >= 0.6 is 0 Å². The maximum absolute atomic E-state index is 10.9. The number of nitrogen functional groups attached to an aromatic ring is 1. The number of nitrogens with one attached hydrogen (secondary N) is 1. The van der Waals surface area contributed by atoms with Crippen molar-refractivity contribution in [3.63, 3.8) is 0 Å². The van der Waals surface area contributed by atoms with Crippen LogP contribution in [0.5, 0.6) is 0 Å². The summed E-state index contributed by atoms with van der Waals surface area (Å²) in [5.74, 6) is -0.576. The molecular formula is C11H17N3O3. The monoisotopic (exact) mass is 239 g/mol. The molecule has 1 aromatic rings. The molecule has 0 aliphatic carbocycles. The van der Waals surface area contributed by atoms with Gasteiger partial charge in [-0.25, -0.2) is 9.78 Å². The zero-order valence-electron chi connectivity index (χ0n) is 9.93. The summed E-state index contributed by atoms with van der Waals surface area (Å²) >= 11 is 0. The SMILES string of the molecule is CCC(COC)Nc1cc(C(=O)O)c(N)cn1. The summed E-state index contributed by atoms with van der Waals surface area (Å²) in [6, 6.07) is 1.52. The first-order valence-corrected chi connectivity index (χ1v) is 5.32. The van der Waals surface area contributed by atoms with Crippen LogP contribution in [0.4, 0.5) is 11.5 Å². The number of carboxylic acid groups (broad SMARTS) is 1. The second kappa shape index (κ2) is 6.05. The Morgan fingerprint density at radius 3 is 2.94 bits per heavy atom. The molecule has 0 aliphatic rings. The number of hydrogen-bond donors (Lipinski definition) is 3. The minimum Gasteiger partial charge on any atom is -0.478 e. The number of methoxy groups -OCH3 is 1. The molecule has 0 radical (unpaired) electrons.